The maximum atomic E-state index is 12.4. The number of pyridine rings is 1. The zero-order valence-corrected chi connectivity index (χ0v) is 16.4. The second kappa shape index (κ2) is 7.69. The molecule has 0 saturated carbocycles. The first-order chi connectivity index (χ1) is 13.5. The van der Waals surface area contributed by atoms with E-state index in [-0.39, 0.29) is 17.7 Å². The highest BCUT2D eigenvalue weighted by atomic mass is 35.5. The Labute approximate surface area is 170 Å². The number of halogens is 1. The second-order valence-electron chi connectivity index (χ2n) is 6.12. The summed E-state index contributed by atoms with van der Waals surface area (Å²) in [6.07, 6.45) is 0. The van der Waals surface area contributed by atoms with E-state index in [2.05, 4.69) is 10.3 Å². The van der Waals surface area contributed by atoms with E-state index in [9.17, 15) is 9.59 Å². The van der Waals surface area contributed by atoms with Gasteiger partial charge in [-0.3, -0.25) is 4.79 Å². The first kappa shape index (κ1) is 18.6. The number of nitrogens with one attached hydrogen (secondary N) is 1. The molecule has 0 spiro atoms. The van der Waals surface area contributed by atoms with E-state index in [1.54, 1.807) is 31.4 Å². The molecule has 1 N–H and O–H groups in total. The maximum Gasteiger partial charge on any atom is 0.338 e. The van der Waals surface area contributed by atoms with Crippen molar-refractivity contribution in [1.82, 2.24) is 4.98 Å². The highest BCUT2D eigenvalue weighted by molar-refractivity contribution is 8.00. The number of thioether (sulfide) groups is 1. The molecular weight excluding hydrogens is 400 g/mol. The molecule has 28 heavy (non-hydrogen) atoms. The largest absolute Gasteiger partial charge is 0.497 e. The van der Waals surface area contributed by atoms with E-state index in [0.717, 1.165) is 10.3 Å². The monoisotopic (exact) mass is 414 g/mol. The minimum atomic E-state index is -0.501. The molecule has 1 amide bonds. The van der Waals surface area contributed by atoms with Gasteiger partial charge in [-0.05, 0) is 36.4 Å². The van der Waals surface area contributed by atoms with Gasteiger partial charge in [-0.1, -0.05) is 11.6 Å². The summed E-state index contributed by atoms with van der Waals surface area (Å²) in [5.41, 5.74) is 2.28. The molecule has 0 bridgehead atoms. The molecule has 3 aromatic rings. The van der Waals surface area contributed by atoms with E-state index in [1.165, 1.54) is 11.8 Å². The summed E-state index contributed by atoms with van der Waals surface area (Å²) in [7, 11) is 1.58. The van der Waals surface area contributed by atoms with Gasteiger partial charge in [-0.25, -0.2) is 9.78 Å². The van der Waals surface area contributed by atoms with Gasteiger partial charge < -0.3 is 14.8 Å². The van der Waals surface area contributed by atoms with E-state index in [4.69, 9.17) is 21.1 Å². The van der Waals surface area contributed by atoms with Crippen molar-refractivity contribution in [1.29, 1.82) is 0 Å². The molecule has 1 aliphatic rings. The molecule has 142 valence electrons. The van der Waals surface area contributed by atoms with Crippen LogP contribution >= 0.6 is 23.4 Å². The van der Waals surface area contributed by atoms with Gasteiger partial charge in [0.25, 0.3) is 0 Å². The van der Waals surface area contributed by atoms with Crippen molar-refractivity contribution in [3.8, 4) is 5.75 Å². The summed E-state index contributed by atoms with van der Waals surface area (Å²) < 4.78 is 10.6. The van der Waals surface area contributed by atoms with Crippen molar-refractivity contribution in [2.75, 3.05) is 18.2 Å². The zero-order valence-electron chi connectivity index (χ0n) is 14.8. The molecule has 0 atom stereocenters. The normalized spacial score (nSPS) is 13.0. The van der Waals surface area contributed by atoms with Crippen LogP contribution in [0.25, 0.3) is 10.9 Å². The predicted molar refractivity (Wildman–Crippen MR) is 108 cm³/mol. The van der Waals surface area contributed by atoms with Crippen LogP contribution in [0.1, 0.15) is 15.9 Å². The molecule has 1 aliphatic heterocycles. The molecule has 1 aromatic heterocycles. The molecule has 0 unspecified atom stereocenters. The van der Waals surface area contributed by atoms with E-state index < -0.39 is 5.97 Å². The lowest BCUT2D eigenvalue weighted by atomic mass is 10.1. The lowest BCUT2D eigenvalue weighted by Gasteiger charge is -2.16. The standard InChI is InChI=1S/C20H15ClN2O4S/c1-26-14-4-2-11-6-13(19(21)23-15(11)8-14)9-27-20(25)12-3-5-17-16(7-12)22-18(24)10-28-17/h2-8H,9-10H2,1H3,(H,22,24). The number of hydrogen-bond acceptors (Lipinski definition) is 6. The van der Waals surface area contributed by atoms with Crippen LogP contribution in [0.4, 0.5) is 5.69 Å². The van der Waals surface area contributed by atoms with Gasteiger partial charge in [-0.2, -0.15) is 0 Å². The SMILES string of the molecule is COc1ccc2cc(COC(=O)c3ccc4c(c3)NC(=O)CS4)c(Cl)nc2c1. The zero-order chi connectivity index (χ0) is 19.7. The number of esters is 1. The van der Waals surface area contributed by atoms with Gasteiger partial charge in [0.15, 0.2) is 0 Å². The third-order valence-electron chi connectivity index (χ3n) is 4.26. The minimum Gasteiger partial charge on any atom is -0.497 e. The summed E-state index contributed by atoms with van der Waals surface area (Å²) in [4.78, 5) is 29.2. The second-order valence-corrected chi connectivity index (χ2v) is 7.50. The smallest absolute Gasteiger partial charge is 0.338 e. The molecule has 8 heteroatoms. The summed E-state index contributed by atoms with van der Waals surface area (Å²) in [6, 6.07) is 12.4. The Morgan fingerprint density at radius 1 is 1.25 bits per heavy atom. The van der Waals surface area contributed by atoms with Crippen LogP contribution in [0.5, 0.6) is 5.75 Å². The lowest BCUT2D eigenvalue weighted by Crippen LogP contribution is -2.19. The third-order valence-corrected chi connectivity index (χ3v) is 5.66. The number of carbonyl (C=O) groups excluding carboxylic acids is 2. The molecule has 0 fully saturated rings. The fourth-order valence-corrected chi connectivity index (χ4v) is 3.82. The molecule has 6 nitrogen and oxygen atoms in total. The van der Waals surface area contributed by atoms with Gasteiger partial charge in [0.05, 0.1) is 29.6 Å². The molecule has 2 heterocycles. The number of methoxy groups -OCH3 is 1. The van der Waals surface area contributed by atoms with Gasteiger partial charge in [0.2, 0.25) is 5.91 Å². The Morgan fingerprint density at radius 3 is 2.93 bits per heavy atom. The van der Waals surface area contributed by atoms with Crippen molar-refractivity contribution in [3.63, 3.8) is 0 Å². The van der Waals surface area contributed by atoms with Gasteiger partial charge in [0.1, 0.15) is 17.5 Å². The van der Waals surface area contributed by atoms with Crippen LogP contribution < -0.4 is 10.1 Å². The lowest BCUT2D eigenvalue weighted by molar-refractivity contribution is -0.113. The summed E-state index contributed by atoms with van der Waals surface area (Å²) in [5, 5.41) is 3.89. The van der Waals surface area contributed by atoms with Crippen molar-refractivity contribution in [2.24, 2.45) is 0 Å². The first-order valence-corrected chi connectivity index (χ1v) is 9.77. The number of anilines is 1. The number of nitrogens with zero attached hydrogens (tertiary/aromatic N) is 1. The topological polar surface area (TPSA) is 77.5 Å². The van der Waals surface area contributed by atoms with Crippen molar-refractivity contribution in [2.45, 2.75) is 11.5 Å². The summed E-state index contributed by atoms with van der Waals surface area (Å²) >= 11 is 7.68. The predicted octanol–water partition coefficient (Wildman–Crippen LogP) is 4.30. The number of aromatic nitrogens is 1. The highest BCUT2D eigenvalue weighted by Gasteiger charge is 2.18. The number of fused-ring (bicyclic) bond motifs is 2. The average molecular weight is 415 g/mol. The number of rotatable bonds is 4. The van der Waals surface area contributed by atoms with Gasteiger partial charge >= 0.3 is 5.97 Å². The Hall–Kier alpha value is -2.77. The fraction of sp³-hybridized carbons (Fsp3) is 0.150. The number of hydrogen-bond donors (Lipinski definition) is 1. The van der Waals surface area contributed by atoms with Crippen LogP contribution in [0, 0.1) is 0 Å². The fourth-order valence-electron chi connectivity index (χ4n) is 2.83. The van der Waals surface area contributed by atoms with Crippen molar-refractivity contribution >= 4 is 51.8 Å². The minimum absolute atomic E-state index is 0.00910. The van der Waals surface area contributed by atoms with E-state index in [0.29, 0.717) is 33.8 Å². The van der Waals surface area contributed by atoms with Crippen molar-refractivity contribution in [3.05, 3.63) is 58.7 Å². The van der Waals surface area contributed by atoms with E-state index in [1.807, 2.05) is 18.2 Å². The Bertz CT molecular complexity index is 1100. The Balaban J connectivity index is 1.51. The van der Waals surface area contributed by atoms with Crippen LogP contribution in [-0.4, -0.2) is 29.7 Å². The van der Waals surface area contributed by atoms with Crippen LogP contribution in [0.2, 0.25) is 5.15 Å². The van der Waals surface area contributed by atoms with Crippen molar-refractivity contribution < 1.29 is 19.1 Å². The molecule has 0 saturated heterocycles. The highest BCUT2D eigenvalue weighted by Crippen LogP contribution is 2.32. The average Bonchev–Trinajstić information content (AvgIpc) is 2.70. The van der Waals surface area contributed by atoms with Crippen LogP contribution in [0.3, 0.4) is 0 Å². The molecule has 4 rings (SSSR count). The summed E-state index contributed by atoms with van der Waals surface area (Å²) in [5.74, 6) is 0.468. The first-order valence-electron chi connectivity index (χ1n) is 8.40. The van der Waals surface area contributed by atoms with Crippen LogP contribution in [0.15, 0.2) is 47.4 Å². The number of benzene rings is 2. The van der Waals surface area contributed by atoms with Gasteiger partial charge in [0, 0.05) is 21.9 Å². The van der Waals surface area contributed by atoms with Crippen LogP contribution in [-0.2, 0) is 16.1 Å². The number of amides is 1. The summed E-state index contributed by atoms with van der Waals surface area (Å²) in [6.45, 7) is -0.00910. The number of carbonyl (C=O) groups is 2. The molecule has 2 aromatic carbocycles. The number of ether oxygens (including phenoxy) is 2. The molecule has 0 radical (unpaired) electrons. The Morgan fingerprint density at radius 2 is 2.11 bits per heavy atom. The quantitative estimate of drug-likeness (QED) is 0.506. The Kier molecular flexibility index (Phi) is 5.11. The van der Waals surface area contributed by atoms with E-state index >= 15 is 0 Å². The third kappa shape index (κ3) is 3.76. The molecular formula is C20H15ClN2O4S. The maximum absolute atomic E-state index is 12.4. The molecule has 0 aliphatic carbocycles. The van der Waals surface area contributed by atoms with Gasteiger partial charge in [-0.15, -0.1) is 11.8 Å².